The number of ether oxygens (including phenoxy) is 1. The molecule has 0 unspecified atom stereocenters. The fraction of sp³-hybridized carbons (Fsp3) is 0.455. The molecule has 0 aromatic carbocycles. The molecule has 1 aliphatic rings. The van der Waals surface area contributed by atoms with Crippen LogP contribution in [0.1, 0.15) is 12.8 Å². The van der Waals surface area contributed by atoms with Crippen LogP contribution in [0.25, 0.3) is 11.0 Å². The smallest absolute Gasteiger partial charge is 0.224 e. The van der Waals surface area contributed by atoms with Crippen molar-refractivity contribution in [1.82, 2.24) is 15.0 Å². The number of nitrogens with zero attached hydrogens (tertiary/aromatic N) is 2. The van der Waals surface area contributed by atoms with Crippen molar-refractivity contribution in [1.29, 1.82) is 0 Å². The molecule has 2 N–H and O–H groups in total. The summed E-state index contributed by atoms with van der Waals surface area (Å²) in [5.74, 6) is 0.696. The van der Waals surface area contributed by atoms with Crippen LogP contribution < -0.4 is 5.32 Å². The molecule has 0 spiro atoms. The third-order valence-electron chi connectivity index (χ3n) is 2.85. The van der Waals surface area contributed by atoms with Crippen LogP contribution in [0, 0.1) is 0 Å². The van der Waals surface area contributed by atoms with Crippen LogP contribution in [0.3, 0.4) is 0 Å². The Balaban J connectivity index is 1.77. The standard InChI is InChI=1S/C11H14N4O/c1-4-12-10-8(1)7-13-11(15-10)14-9-2-5-16-6-3-9/h1,4,7,9H,2-3,5-6H2,(H2,12,13,14,15). The first-order chi connectivity index (χ1) is 7.92. The minimum Gasteiger partial charge on any atom is -0.381 e. The van der Waals surface area contributed by atoms with Gasteiger partial charge in [-0.25, -0.2) is 4.98 Å². The van der Waals surface area contributed by atoms with Crippen LogP contribution in [-0.2, 0) is 4.74 Å². The molecular formula is C11H14N4O. The van der Waals surface area contributed by atoms with E-state index in [1.54, 1.807) is 0 Å². The molecule has 0 radical (unpaired) electrons. The molecular weight excluding hydrogens is 204 g/mol. The highest BCUT2D eigenvalue weighted by atomic mass is 16.5. The van der Waals surface area contributed by atoms with Gasteiger partial charge in [0.2, 0.25) is 5.95 Å². The predicted molar refractivity (Wildman–Crippen MR) is 61.4 cm³/mol. The third-order valence-corrected chi connectivity index (χ3v) is 2.85. The predicted octanol–water partition coefficient (Wildman–Crippen LogP) is 1.55. The number of fused-ring (bicyclic) bond motifs is 1. The van der Waals surface area contributed by atoms with Gasteiger partial charge < -0.3 is 15.0 Å². The minimum absolute atomic E-state index is 0.432. The maximum absolute atomic E-state index is 5.31. The van der Waals surface area contributed by atoms with Crippen molar-refractivity contribution in [3.05, 3.63) is 18.5 Å². The minimum atomic E-state index is 0.432. The van der Waals surface area contributed by atoms with Gasteiger partial charge in [0, 0.05) is 37.0 Å². The Labute approximate surface area is 93.2 Å². The molecule has 5 nitrogen and oxygen atoms in total. The number of H-pyrrole nitrogens is 1. The molecule has 0 amide bonds. The SMILES string of the molecule is c1cc2cnc(NC3CCOCC3)nc2[nH]1. The third kappa shape index (κ3) is 1.86. The summed E-state index contributed by atoms with van der Waals surface area (Å²) in [6, 6.07) is 2.40. The van der Waals surface area contributed by atoms with Gasteiger partial charge in [-0.1, -0.05) is 0 Å². The van der Waals surface area contributed by atoms with Gasteiger partial charge in [0.15, 0.2) is 0 Å². The first-order valence-corrected chi connectivity index (χ1v) is 5.56. The van der Waals surface area contributed by atoms with Gasteiger partial charge in [-0.2, -0.15) is 4.98 Å². The van der Waals surface area contributed by atoms with Crippen LogP contribution in [0.2, 0.25) is 0 Å². The van der Waals surface area contributed by atoms with E-state index in [1.165, 1.54) is 0 Å². The molecule has 3 rings (SSSR count). The summed E-state index contributed by atoms with van der Waals surface area (Å²) in [6.45, 7) is 1.64. The zero-order valence-corrected chi connectivity index (χ0v) is 8.94. The molecule has 0 saturated carbocycles. The topological polar surface area (TPSA) is 62.8 Å². The molecule has 0 aliphatic carbocycles. The highest BCUT2D eigenvalue weighted by molar-refractivity contribution is 5.75. The zero-order valence-electron chi connectivity index (χ0n) is 8.94. The van der Waals surface area contributed by atoms with Gasteiger partial charge in [0.05, 0.1) is 0 Å². The van der Waals surface area contributed by atoms with Gasteiger partial charge in [0.1, 0.15) is 5.65 Å². The van der Waals surface area contributed by atoms with Gasteiger partial charge >= 0.3 is 0 Å². The maximum Gasteiger partial charge on any atom is 0.224 e. The lowest BCUT2D eigenvalue weighted by Gasteiger charge is -2.22. The fourth-order valence-corrected chi connectivity index (χ4v) is 1.93. The molecule has 1 aliphatic heterocycles. The molecule has 0 bridgehead atoms. The van der Waals surface area contributed by atoms with Crippen LogP contribution in [0.4, 0.5) is 5.95 Å². The number of hydrogen-bond donors (Lipinski definition) is 2. The molecule has 2 aromatic rings. The number of anilines is 1. The van der Waals surface area contributed by atoms with E-state index in [4.69, 9.17) is 4.74 Å². The van der Waals surface area contributed by atoms with Gasteiger partial charge in [-0.05, 0) is 18.9 Å². The number of aromatic amines is 1. The Morgan fingerprint density at radius 3 is 3.12 bits per heavy atom. The average molecular weight is 218 g/mol. The first kappa shape index (κ1) is 9.59. The lowest BCUT2D eigenvalue weighted by molar-refractivity contribution is 0.0903. The summed E-state index contributed by atoms with van der Waals surface area (Å²) in [5, 5.41) is 4.38. The van der Waals surface area contributed by atoms with Crippen LogP contribution in [-0.4, -0.2) is 34.2 Å². The lowest BCUT2D eigenvalue weighted by atomic mass is 10.1. The number of aromatic nitrogens is 3. The highest BCUT2D eigenvalue weighted by Crippen LogP contribution is 2.14. The summed E-state index contributed by atoms with van der Waals surface area (Å²) in [5.41, 5.74) is 0.879. The van der Waals surface area contributed by atoms with E-state index < -0.39 is 0 Å². The summed E-state index contributed by atoms with van der Waals surface area (Å²) in [6.07, 6.45) is 5.75. The van der Waals surface area contributed by atoms with Gasteiger partial charge in [-0.15, -0.1) is 0 Å². The van der Waals surface area contributed by atoms with E-state index in [-0.39, 0.29) is 0 Å². The van der Waals surface area contributed by atoms with E-state index in [2.05, 4.69) is 20.3 Å². The van der Waals surface area contributed by atoms with E-state index in [0.29, 0.717) is 12.0 Å². The Morgan fingerprint density at radius 1 is 1.38 bits per heavy atom. The molecule has 3 heterocycles. The Kier molecular flexibility index (Phi) is 2.46. The molecule has 2 aromatic heterocycles. The summed E-state index contributed by atoms with van der Waals surface area (Å²) in [7, 11) is 0. The molecule has 0 atom stereocenters. The second-order valence-electron chi connectivity index (χ2n) is 4.01. The van der Waals surface area contributed by atoms with Gasteiger partial charge in [0.25, 0.3) is 0 Å². The number of rotatable bonds is 2. The number of nitrogens with one attached hydrogen (secondary N) is 2. The normalized spacial score (nSPS) is 17.8. The lowest BCUT2D eigenvalue weighted by Crippen LogP contribution is -2.28. The molecule has 1 saturated heterocycles. The highest BCUT2D eigenvalue weighted by Gasteiger charge is 2.14. The van der Waals surface area contributed by atoms with E-state index in [1.807, 2.05) is 18.5 Å². The Morgan fingerprint density at radius 2 is 2.25 bits per heavy atom. The number of hydrogen-bond acceptors (Lipinski definition) is 4. The molecule has 84 valence electrons. The fourth-order valence-electron chi connectivity index (χ4n) is 1.93. The van der Waals surface area contributed by atoms with Gasteiger partial charge in [-0.3, -0.25) is 0 Å². The van der Waals surface area contributed by atoms with E-state index in [9.17, 15) is 0 Å². The Bertz CT molecular complexity index is 476. The van der Waals surface area contributed by atoms with Crippen molar-refractivity contribution < 1.29 is 4.74 Å². The zero-order chi connectivity index (χ0) is 10.8. The van der Waals surface area contributed by atoms with Crippen LogP contribution >= 0.6 is 0 Å². The maximum atomic E-state index is 5.31. The van der Waals surface area contributed by atoms with E-state index >= 15 is 0 Å². The van der Waals surface area contributed by atoms with Crippen molar-refractivity contribution in [2.45, 2.75) is 18.9 Å². The van der Waals surface area contributed by atoms with Crippen LogP contribution in [0.5, 0.6) is 0 Å². The monoisotopic (exact) mass is 218 g/mol. The Hall–Kier alpha value is -1.62. The summed E-state index contributed by atoms with van der Waals surface area (Å²) < 4.78 is 5.31. The largest absolute Gasteiger partial charge is 0.381 e. The first-order valence-electron chi connectivity index (χ1n) is 5.56. The second-order valence-corrected chi connectivity index (χ2v) is 4.01. The van der Waals surface area contributed by atoms with Crippen LogP contribution in [0.15, 0.2) is 18.5 Å². The summed E-state index contributed by atoms with van der Waals surface area (Å²) >= 11 is 0. The van der Waals surface area contributed by atoms with Crippen molar-refractivity contribution >= 4 is 17.0 Å². The van der Waals surface area contributed by atoms with Crippen molar-refractivity contribution in [3.63, 3.8) is 0 Å². The molecule has 1 fully saturated rings. The van der Waals surface area contributed by atoms with Crippen molar-refractivity contribution in [2.75, 3.05) is 18.5 Å². The van der Waals surface area contributed by atoms with Crippen molar-refractivity contribution in [3.8, 4) is 0 Å². The van der Waals surface area contributed by atoms with E-state index in [0.717, 1.165) is 37.1 Å². The quantitative estimate of drug-likeness (QED) is 0.802. The second kappa shape index (κ2) is 4.09. The summed E-state index contributed by atoms with van der Waals surface area (Å²) in [4.78, 5) is 11.8. The van der Waals surface area contributed by atoms with Crippen molar-refractivity contribution in [2.24, 2.45) is 0 Å². The molecule has 16 heavy (non-hydrogen) atoms. The average Bonchev–Trinajstić information content (AvgIpc) is 2.77. The molecule has 5 heteroatoms.